The number of aryl methyl sites for hydroxylation is 1. The number of aliphatic hydroxyl groups excluding tert-OH is 1. The lowest BCUT2D eigenvalue weighted by Gasteiger charge is -2.29. The van der Waals surface area contributed by atoms with E-state index >= 15 is 0 Å². The third-order valence-electron chi connectivity index (χ3n) is 3.69. The van der Waals surface area contributed by atoms with Crippen molar-refractivity contribution in [3.05, 3.63) is 11.4 Å². The first-order valence-electron chi connectivity index (χ1n) is 6.55. The third kappa shape index (κ3) is 3.55. The molecule has 20 heavy (non-hydrogen) atoms. The van der Waals surface area contributed by atoms with Gasteiger partial charge in [-0.05, 0) is 26.0 Å². The number of aliphatic hydroxyl groups is 1. The molecule has 1 heterocycles. The number of rotatable bonds is 8. The summed E-state index contributed by atoms with van der Waals surface area (Å²) in [7, 11) is -3.67. The SMILES string of the molecule is CCC(CC)(CNS(=O)(=O)c1c(CO)n[nH]c1C)SC. The maximum Gasteiger partial charge on any atom is 0.244 e. The average Bonchev–Trinajstić information content (AvgIpc) is 2.83. The molecule has 0 amide bonds. The predicted molar refractivity (Wildman–Crippen MR) is 81.3 cm³/mol. The summed E-state index contributed by atoms with van der Waals surface area (Å²) < 4.78 is 27.3. The van der Waals surface area contributed by atoms with E-state index in [0.717, 1.165) is 12.8 Å². The van der Waals surface area contributed by atoms with Crippen molar-refractivity contribution >= 4 is 21.8 Å². The number of thioether (sulfide) groups is 1. The number of hydrogen-bond acceptors (Lipinski definition) is 5. The van der Waals surface area contributed by atoms with E-state index in [1.54, 1.807) is 18.7 Å². The van der Waals surface area contributed by atoms with Gasteiger partial charge in [-0.1, -0.05) is 13.8 Å². The van der Waals surface area contributed by atoms with Crippen LogP contribution in [-0.2, 0) is 16.6 Å². The Kier molecular flexibility index (Phi) is 6.06. The number of nitrogens with zero attached hydrogens (tertiary/aromatic N) is 1. The first-order chi connectivity index (χ1) is 9.35. The zero-order valence-electron chi connectivity index (χ0n) is 12.4. The summed E-state index contributed by atoms with van der Waals surface area (Å²) in [5, 5.41) is 15.6. The highest BCUT2D eigenvalue weighted by atomic mass is 32.2. The molecule has 0 bridgehead atoms. The van der Waals surface area contributed by atoms with Crippen molar-refractivity contribution in [1.82, 2.24) is 14.9 Å². The maximum absolute atomic E-state index is 12.4. The average molecular weight is 321 g/mol. The highest BCUT2D eigenvalue weighted by Gasteiger charge is 2.30. The van der Waals surface area contributed by atoms with Crippen LogP contribution in [0.5, 0.6) is 0 Å². The van der Waals surface area contributed by atoms with Gasteiger partial charge in [0.1, 0.15) is 10.6 Å². The molecule has 0 fully saturated rings. The van der Waals surface area contributed by atoms with Crippen LogP contribution in [0.25, 0.3) is 0 Å². The van der Waals surface area contributed by atoms with E-state index < -0.39 is 16.6 Å². The Labute approximate surface area is 124 Å². The van der Waals surface area contributed by atoms with Crippen LogP contribution in [-0.4, -0.2) is 41.3 Å². The first kappa shape index (κ1) is 17.5. The molecule has 0 saturated carbocycles. The van der Waals surface area contributed by atoms with Crippen LogP contribution in [0.4, 0.5) is 0 Å². The molecule has 1 aromatic rings. The summed E-state index contributed by atoms with van der Waals surface area (Å²) in [5.41, 5.74) is 0.585. The second-order valence-electron chi connectivity index (χ2n) is 4.70. The lowest BCUT2D eigenvalue weighted by molar-refractivity contribution is 0.273. The first-order valence-corrected chi connectivity index (χ1v) is 9.26. The molecule has 0 radical (unpaired) electrons. The summed E-state index contributed by atoms with van der Waals surface area (Å²) in [6, 6.07) is 0. The standard InChI is InChI=1S/C12H23N3O3S2/c1-5-12(6-2,19-4)8-13-20(17,18)11-9(3)14-15-10(11)7-16/h13,16H,5-8H2,1-4H3,(H,14,15). The molecule has 116 valence electrons. The minimum absolute atomic E-state index is 0.0576. The molecule has 0 aliphatic rings. The topological polar surface area (TPSA) is 95.1 Å². The van der Waals surface area contributed by atoms with Crippen molar-refractivity contribution in [2.45, 2.75) is 49.9 Å². The van der Waals surface area contributed by atoms with Crippen molar-refractivity contribution < 1.29 is 13.5 Å². The van der Waals surface area contributed by atoms with Crippen LogP contribution >= 0.6 is 11.8 Å². The second-order valence-corrected chi connectivity index (χ2v) is 7.68. The number of H-pyrrole nitrogens is 1. The Balaban J connectivity index is 2.99. The van der Waals surface area contributed by atoms with Gasteiger partial charge >= 0.3 is 0 Å². The molecule has 3 N–H and O–H groups in total. The highest BCUT2D eigenvalue weighted by molar-refractivity contribution is 8.00. The van der Waals surface area contributed by atoms with Crippen LogP contribution in [0.2, 0.25) is 0 Å². The zero-order valence-corrected chi connectivity index (χ0v) is 14.0. The highest BCUT2D eigenvalue weighted by Crippen LogP contribution is 2.30. The van der Waals surface area contributed by atoms with Gasteiger partial charge in [0, 0.05) is 11.3 Å². The lowest BCUT2D eigenvalue weighted by atomic mass is 10.0. The lowest BCUT2D eigenvalue weighted by Crippen LogP contribution is -2.39. The van der Waals surface area contributed by atoms with Gasteiger partial charge in [0.15, 0.2) is 0 Å². The van der Waals surface area contributed by atoms with E-state index in [2.05, 4.69) is 28.8 Å². The van der Waals surface area contributed by atoms with Gasteiger partial charge in [0.25, 0.3) is 0 Å². The molecule has 0 spiro atoms. The van der Waals surface area contributed by atoms with E-state index in [-0.39, 0.29) is 15.3 Å². The molecular formula is C12H23N3O3S2. The molecule has 8 heteroatoms. The van der Waals surface area contributed by atoms with Gasteiger partial charge in [0.2, 0.25) is 10.0 Å². The molecule has 0 unspecified atom stereocenters. The smallest absolute Gasteiger partial charge is 0.244 e. The fourth-order valence-corrected chi connectivity index (χ4v) is 4.46. The Bertz CT molecular complexity index is 528. The van der Waals surface area contributed by atoms with Gasteiger partial charge < -0.3 is 5.11 Å². The van der Waals surface area contributed by atoms with Crippen LogP contribution in [0.15, 0.2) is 4.90 Å². The largest absolute Gasteiger partial charge is 0.390 e. The number of sulfonamides is 1. The number of nitrogens with one attached hydrogen (secondary N) is 2. The molecule has 0 aromatic carbocycles. The summed E-state index contributed by atoms with van der Waals surface area (Å²) in [5.74, 6) is 0. The maximum atomic E-state index is 12.4. The van der Waals surface area contributed by atoms with Crippen LogP contribution in [0.3, 0.4) is 0 Å². The Morgan fingerprint density at radius 3 is 2.45 bits per heavy atom. The van der Waals surface area contributed by atoms with Crippen LogP contribution in [0.1, 0.15) is 38.1 Å². The summed E-state index contributed by atoms with van der Waals surface area (Å²) >= 11 is 1.67. The molecule has 1 aromatic heterocycles. The van der Waals surface area contributed by atoms with Crippen molar-refractivity contribution in [3.63, 3.8) is 0 Å². The molecule has 1 rings (SSSR count). The summed E-state index contributed by atoms with van der Waals surface area (Å²) in [6.45, 7) is 5.68. The van der Waals surface area contributed by atoms with Gasteiger partial charge in [-0.2, -0.15) is 16.9 Å². The minimum Gasteiger partial charge on any atom is -0.390 e. The van der Waals surface area contributed by atoms with Crippen LogP contribution < -0.4 is 4.72 Å². The Hall–Kier alpha value is -0.570. The van der Waals surface area contributed by atoms with Crippen LogP contribution in [0, 0.1) is 6.92 Å². The number of aromatic nitrogens is 2. The molecule has 6 nitrogen and oxygen atoms in total. The van der Waals surface area contributed by atoms with Crippen molar-refractivity contribution in [2.24, 2.45) is 0 Å². The summed E-state index contributed by atoms with van der Waals surface area (Å²) in [6.07, 6.45) is 3.75. The molecule has 0 aliphatic heterocycles. The van der Waals surface area contributed by atoms with E-state index in [1.807, 2.05) is 6.26 Å². The fourth-order valence-electron chi connectivity index (χ4n) is 2.09. The Morgan fingerprint density at radius 1 is 1.40 bits per heavy atom. The predicted octanol–water partition coefficient (Wildman–Crippen LogP) is 1.41. The van der Waals surface area contributed by atoms with E-state index in [1.165, 1.54) is 0 Å². The molecule has 0 saturated heterocycles. The Morgan fingerprint density at radius 2 is 2.00 bits per heavy atom. The monoisotopic (exact) mass is 321 g/mol. The zero-order chi connectivity index (χ0) is 15.4. The number of aromatic amines is 1. The van der Waals surface area contributed by atoms with Crippen molar-refractivity contribution in [1.29, 1.82) is 0 Å². The fraction of sp³-hybridized carbons (Fsp3) is 0.750. The quantitative estimate of drug-likeness (QED) is 0.673. The van der Waals surface area contributed by atoms with E-state index in [9.17, 15) is 13.5 Å². The van der Waals surface area contributed by atoms with Gasteiger partial charge in [-0.15, -0.1) is 0 Å². The second kappa shape index (κ2) is 6.93. The van der Waals surface area contributed by atoms with Gasteiger partial charge in [-0.3, -0.25) is 5.10 Å². The number of hydrogen-bond donors (Lipinski definition) is 3. The van der Waals surface area contributed by atoms with Crippen molar-refractivity contribution in [2.75, 3.05) is 12.8 Å². The van der Waals surface area contributed by atoms with Gasteiger partial charge in [0.05, 0.1) is 12.3 Å². The van der Waals surface area contributed by atoms with Crippen molar-refractivity contribution in [3.8, 4) is 0 Å². The van der Waals surface area contributed by atoms with E-state index in [4.69, 9.17) is 0 Å². The van der Waals surface area contributed by atoms with E-state index in [0.29, 0.717) is 12.2 Å². The third-order valence-corrected chi connectivity index (χ3v) is 6.88. The normalized spacial score (nSPS) is 12.8. The molecule has 0 atom stereocenters. The summed E-state index contributed by atoms with van der Waals surface area (Å²) in [4.78, 5) is 0.0576. The molecular weight excluding hydrogens is 298 g/mol. The van der Waals surface area contributed by atoms with Gasteiger partial charge in [-0.25, -0.2) is 13.1 Å². The molecule has 0 aliphatic carbocycles. The minimum atomic E-state index is -3.67.